The Hall–Kier alpha value is -5.16. The lowest BCUT2D eigenvalue weighted by molar-refractivity contribution is 1.31. The fourth-order valence-electron chi connectivity index (χ4n) is 4.94. The Morgan fingerprint density at radius 3 is 1.62 bits per heavy atom. The van der Waals surface area contributed by atoms with Crippen LogP contribution in [-0.2, 0) is 0 Å². The molecule has 176 valence electrons. The van der Waals surface area contributed by atoms with Crippen LogP contribution in [0.3, 0.4) is 0 Å². The molecule has 2 aliphatic rings. The van der Waals surface area contributed by atoms with E-state index in [1.54, 1.807) is 0 Å². The highest BCUT2D eigenvalue weighted by Crippen LogP contribution is 2.34. The summed E-state index contributed by atoms with van der Waals surface area (Å²) in [6, 6.07) is 30.8. The van der Waals surface area contributed by atoms with Gasteiger partial charge in [-0.2, -0.15) is 0 Å². The van der Waals surface area contributed by atoms with Crippen LogP contribution < -0.4 is 5.73 Å². The van der Waals surface area contributed by atoms with Gasteiger partial charge in [-0.25, -0.2) is 9.97 Å². The van der Waals surface area contributed by atoms with E-state index in [0.717, 1.165) is 72.8 Å². The van der Waals surface area contributed by atoms with Crippen molar-refractivity contribution in [3.8, 4) is 22.3 Å². The third kappa shape index (κ3) is 3.93. The highest BCUT2D eigenvalue weighted by Gasteiger charge is 2.15. The number of hydrogen-bond acceptors (Lipinski definition) is 3. The van der Waals surface area contributed by atoms with Crippen LogP contribution in [0.25, 0.3) is 68.6 Å². The minimum atomic E-state index is 0.728. The zero-order valence-corrected chi connectivity index (χ0v) is 19.9. The van der Waals surface area contributed by atoms with Crippen molar-refractivity contribution in [2.45, 2.75) is 0 Å². The molecule has 4 N–H and O–H groups in total. The number of anilines is 1. The number of aromatic amines is 2. The first-order valence-electron chi connectivity index (χ1n) is 12.2. The molecule has 2 aromatic carbocycles. The summed E-state index contributed by atoms with van der Waals surface area (Å²) in [5.41, 5.74) is 18.5. The van der Waals surface area contributed by atoms with Crippen molar-refractivity contribution in [1.29, 1.82) is 0 Å². The van der Waals surface area contributed by atoms with E-state index in [1.807, 2.05) is 42.5 Å². The molecule has 3 aromatic heterocycles. The van der Waals surface area contributed by atoms with Gasteiger partial charge in [-0.15, -0.1) is 0 Å². The summed E-state index contributed by atoms with van der Waals surface area (Å²) in [5, 5.41) is 0. The maximum atomic E-state index is 6.01. The standard InChI is InChI=1S/C32H23N5/c33-22-8-6-21(7-9-22)32-28-15-13-26(36-28)19-24-11-10-23(34-24)18-25-12-14-27(35-25)31(20-4-2-1-3-5-20)29-16-17-30(32)37-29/h1-19,35-36H,33H2. The average Bonchev–Trinajstić information content (AvgIpc) is 3.72. The number of aromatic nitrogens is 4. The van der Waals surface area contributed by atoms with Gasteiger partial charge in [0.15, 0.2) is 0 Å². The summed E-state index contributed by atoms with van der Waals surface area (Å²) in [5.74, 6) is 0. The van der Waals surface area contributed by atoms with Crippen LogP contribution in [0.1, 0.15) is 22.8 Å². The fourth-order valence-corrected chi connectivity index (χ4v) is 4.94. The van der Waals surface area contributed by atoms with Gasteiger partial charge in [-0.05, 0) is 84.0 Å². The molecule has 7 rings (SSSR count). The first kappa shape index (κ1) is 21.1. The second-order valence-electron chi connectivity index (χ2n) is 9.19. The summed E-state index contributed by atoms with van der Waals surface area (Å²) in [7, 11) is 0. The van der Waals surface area contributed by atoms with Gasteiger partial charge in [0.2, 0.25) is 0 Å². The minimum absolute atomic E-state index is 0.728. The molecule has 5 heteroatoms. The molecule has 0 atom stereocenters. The third-order valence-electron chi connectivity index (χ3n) is 6.66. The van der Waals surface area contributed by atoms with Gasteiger partial charge >= 0.3 is 0 Å². The second kappa shape index (κ2) is 8.50. The molecule has 8 bridgehead atoms. The van der Waals surface area contributed by atoms with E-state index in [4.69, 9.17) is 15.7 Å². The molecule has 0 saturated carbocycles. The van der Waals surface area contributed by atoms with E-state index in [2.05, 4.69) is 82.8 Å². The molecule has 0 aliphatic carbocycles. The summed E-state index contributed by atoms with van der Waals surface area (Å²) < 4.78 is 0. The molecule has 0 amide bonds. The molecule has 5 heterocycles. The highest BCUT2D eigenvalue weighted by atomic mass is 14.8. The average molecular weight is 478 g/mol. The van der Waals surface area contributed by atoms with Gasteiger partial charge < -0.3 is 15.7 Å². The number of nitrogens with one attached hydrogen (secondary N) is 2. The molecule has 5 aromatic rings. The molecule has 0 fully saturated rings. The number of nitrogens with two attached hydrogens (primary N) is 1. The number of hydrogen-bond donors (Lipinski definition) is 3. The van der Waals surface area contributed by atoms with Crippen molar-refractivity contribution in [3.63, 3.8) is 0 Å². The van der Waals surface area contributed by atoms with E-state index in [0.29, 0.717) is 0 Å². The van der Waals surface area contributed by atoms with Crippen molar-refractivity contribution in [2.75, 3.05) is 5.73 Å². The highest BCUT2D eigenvalue weighted by molar-refractivity contribution is 5.95. The number of fused-ring (bicyclic) bond motifs is 8. The second-order valence-corrected chi connectivity index (χ2v) is 9.19. The van der Waals surface area contributed by atoms with Gasteiger partial charge in [0.1, 0.15) is 0 Å². The van der Waals surface area contributed by atoms with Crippen LogP contribution in [-0.4, -0.2) is 19.9 Å². The zero-order chi connectivity index (χ0) is 24.8. The zero-order valence-electron chi connectivity index (χ0n) is 19.9. The molecule has 37 heavy (non-hydrogen) atoms. The van der Waals surface area contributed by atoms with Crippen molar-refractivity contribution in [3.05, 3.63) is 114 Å². The predicted molar refractivity (Wildman–Crippen MR) is 154 cm³/mol. The van der Waals surface area contributed by atoms with Crippen LogP contribution in [0.4, 0.5) is 5.69 Å². The van der Waals surface area contributed by atoms with Gasteiger partial charge in [-0.1, -0.05) is 42.5 Å². The van der Waals surface area contributed by atoms with Crippen LogP contribution in [0.2, 0.25) is 0 Å². The van der Waals surface area contributed by atoms with Crippen LogP contribution >= 0.6 is 0 Å². The summed E-state index contributed by atoms with van der Waals surface area (Å²) in [4.78, 5) is 17.1. The SMILES string of the molecule is Nc1ccc(-c2c3nc(c(-c4ccccc4)c4ccc(cc5nc(cc6ccc2[nH]6)C=C5)[nH]4)C=C3)cc1. The molecule has 5 nitrogen and oxygen atoms in total. The molecule has 0 spiro atoms. The Balaban J connectivity index is 1.63. The Bertz CT molecular complexity index is 1870. The molecular formula is C32H23N5. The van der Waals surface area contributed by atoms with Crippen LogP contribution in [0.5, 0.6) is 0 Å². The maximum absolute atomic E-state index is 6.01. The first-order valence-corrected chi connectivity index (χ1v) is 12.2. The third-order valence-corrected chi connectivity index (χ3v) is 6.66. The van der Waals surface area contributed by atoms with Crippen LogP contribution in [0.15, 0.2) is 91.0 Å². The lowest BCUT2D eigenvalue weighted by Crippen LogP contribution is -1.89. The number of nitrogen functional groups attached to an aromatic ring is 1. The normalized spacial score (nSPS) is 12.2. The summed E-state index contributed by atoms with van der Waals surface area (Å²) in [6.45, 7) is 0. The molecule has 0 saturated heterocycles. The maximum Gasteiger partial charge on any atom is 0.0737 e. The number of H-pyrrole nitrogens is 2. The number of nitrogens with zero attached hydrogens (tertiary/aromatic N) is 2. The van der Waals surface area contributed by atoms with Crippen molar-refractivity contribution in [2.24, 2.45) is 0 Å². The van der Waals surface area contributed by atoms with Gasteiger partial charge in [0.05, 0.1) is 22.8 Å². The smallest absolute Gasteiger partial charge is 0.0737 e. The topological polar surface area (TPSA) is 83.4 Å². The Labute approximate surface area is 213 Å². The monoisotopic (exact) mass is 477 g/mol. The van der Waals surface area contributed by atoms with Gasteiger partial charge in [0.25, 0.3) is 0 Å². The largest absolute Gasteiger partial charge is 0.399 e. The minimum Gasteiger partial charge on any atom is -0.399 e. The van der Waals surface area contributed by atoms with Crippen molar-refractivity contribution in [1.82, 2.24) is 19.9 Å². The number of rotatable bonds is 2. The van der Waals surface area contributed by atoms with E-state index in [9.17, 15) is 0 Å². The molecule has 0 radical (unpaired) electrons. The van der Waals surface area contributed by atoms with E-state index in [-0.39, 0.29) is 0 Å². The Morgan fingerprint density at radius 1 is 0.514 bits per heavy atom. The van der Waals surface area contributed by atoms with Crippen LogP contribution in [0, 0.1) is 0 Å². The van der Waals surface area contributed by atoms with Crippen molar-refractivity contribution >= 4 is 52.1 Å². The van der Waals surface area contributed by atoms with E-state index in [1.165, 1.54) is 0 Å². The Kier molecular flexibility index (Phi) is 4.86. The summed E-state index contributed by atoms with van der Waals surface area (Å²) >= 11 is 0. The van der Waals surface area contributed by atoms with E-state index < -0.39 is 0 Å². The fraction of sp³-hybridized carbons (Fsp3) is 0. The van der Waals surface area contributed by atoms with Gasteiger partial charge in [0, 0.05) is 38.9 Å². The molecular weight excluding hydrogens is 454 g/mol. The van der Waals surface area contributed by atoms with Gasteiger partial charge in [-0.3, -0.25) is 0 Å². The quantitative estimate of drug-likeness (QED) is 0.225. The summed E-state index contributed by atoms with van der Waals surface area (Å²) in [6.07, 6.45) is 8.25. The lowest BCUT2D eigenvalue weighted by atomic mass is 10.0. The van der Waals surface area contributed by atoms with E-state index >= 15 is 0 Å². The predicted octanol–water partition coefficient (Wildman–Crippen LogP) is 7.57. The Morgan fingerprint density at radius 2 is 1.05 bits per heavy atom. The van der Waals surface area contributed by atoms with Crippen molar-refractivity contribution < 1.29 is 0 Å². The molecule has 2 aliphatic heterocycles. The molecule has 0 unspecified atom stereocenters. The number of benzene rings is 2. The lowest BCUT2D eigenvalue weighted by Gasteiger charge is -2.05. The first-order chi connectivity index (χ1) is 18.2.